The molecule has 5 nitrogen and oxygen atoms in total. The number of nitrogens with zero attached hydrogens (tertiary/aromatic N) is 2. The molecule has 0 atom stereocenters. The maximum atomic E-state index is 5.95. The SMILES string of the molecule is COCCNc1cc(-c2ccc(OC)cc2)nc(Cl)n1. The Bertz CT molecular complexity index is 561. The maximum Gasteiger partial charge on any atom is 0.224 e. The fourth-order valence-electron chi connectivity index (χ4n) is 1.70. The highest BCUT2D eigenvalue weighted by Gasteiger charge is 2.05. The monoisotopic (exact) mass is 293 g/mol. The summed E-state index contributed by atoms with van der Waals surface area (Å²) in [5.41, 5.74) is 1.71. The molecular formula is C14H16ClN3O2. The van der Waals surface area contributed by atoms with Crippen LogP contribution in [0.5, 0.6) is 5.75 Å². The van der Waals surface area contributed by atoms with Crippen LogP contribution >= 0.6 is 11.6 Å². The predicted octanol–water partition coefficient (Wildman–Crippen LogP) is 2.86. The van der Waals surface area contributed by atoms with E-state index >= 15 is 0 Å². The van der Waals surface area contributed by atoms with Crippen LogP contribution < -0.4 is 10.1 Å². The molecule has 0 aliphatic carbocycles. The summed E-state index contributed by atoms with van der Waals surface area (Å²) in [7, 11) is 3.28. The van der Waals surface area contributed by atoms with Crippen molar-refractivity contribution in [3.8, 4) is 17.0 Å². The van der Waals surface area contributed by atoms with E-state index in [9.17, 15) is 0 Å². The van der Waals surface area contributed by atoms with Crippen LogP contribution in [-0.4, -0.2) is 37.3 Å². The fraction of sp³-hybridized carbons (Fsp3) is 0.286. The second-order valence-corrected chi connectivity index (χ2v) is 4.39. The van der Waals surface area contributed by atoms with E-state index < -0.39 is 0 Å². The maximum absolute atomic E-state index is 5.95. The summed E-state index contributed by atoms with van der Waals surface area (Å²) in [6.45, 7) is 1.26. The Balaban J connectivity index is 2.21. The van der Waals surface area contributed by atoms with Crippen molar-refractivity contribution in [2.75, 3.05) is 32.7 Å². The van der Waals surface area contributed by atoms with Crippen molar-refractivity contribution in [1.29, 1.82) is 0 Å². The smallest absolute Gasteiger partial charge is 0.224 e. The molecule has 1 aromatic heterocycles. The van der Waals surface area contributed by atoms with Gasteiger partial charge in [-0.3, -0.25) is 0 Å². The van der Waals surface area contributed by atoms with Crippen LogP contribution in [0.1, 0.15) is 0 Å². The van der Waals surface area contributed by atoms with Crippen LogP contribution in [-0.2, 0) is 4.74 Å². The van der Waals surface area contributed by atoms with Crippen LogP contribution in [0.3, 0.4) is 0 Å². The molecule has 6 heteroatoms. The molecule has 1 aromatic carbocycles. The first-order chi connectivity index (χ1) is 9.72. The van der Waals surface area contributed by atoms with Crippen molar-refractivity contribution in [2.45, 2.75) is 0 Å². The number of anilines is 1. The van der Waals surface area contributed by atoms with E-state index in [0.29, 0.717) is 19.0 Å². The first-order valence-electron chi connectivity index (χ1n) is 6.14. The molecular weight excluding hydrogens is 278 g/mol. The molecule has 20 heavy (non-hydrogen) atoms. The Hall–Kier alpha value is -1.85. The van der Waals surface area contributed by atoms with Gasteiger partial charge in [-0.25, -0.2) is 9.97 Å². The van der Waals surface area contributed by atoms with Gasteiger partial charge in [0.15, 0.2) is 0 Å². The zero-order valence-corrected chi connectivity index (χ0v) is 12.1. The first kappa shape index (κ1) is 14.6. The van der Waals surface area contributed by atoms with E-state index in [1.54, 1.807) is 14.2 Å². The van der Waals surface area contributed by atoms with Crippen LogP contribution in [0.25, 0.3) is 11.3 Å². The van der Waals surface area contributed by atoms with Gasteiger partial charge >= 0.3 is 0 Å². The first-order valence-corrected chi connectivity index (χ1v) is 6.52. The third-order valence-corrected chi connectivity index (χ3v) is 2.87. The average molecular weight is 294 g/mol. The van der Waals surface area contributed by atoms with Gasteiger partial charge in [0.2, 0.25) is 5.28 Å². The molecule has 0 radical (unpaired) electrons. The number of ether oxygens (including phenoxy) is 2. The molecule has 0 saturated carbocycles. The predicted molar refractivity (Wildman–Crippen MR) is 79.4 cm³/mol. The highest BCUT2D eigenvalue weighted by Crippen LogP contribution is 2.23. The lowest BCUT2D eigenvalue weighted by Crippen LogP contribution is -2.09. The van der Waals surface area contributed by atoms with Crippen LogP contribution in [0.15, 0.2) is 30.3 Å². The van der Waals surface area contributed by atoms with Crippen molar-refractivity contribution in [3.63, 3.8) is 0 Å². The van der Waals surface area contributed by atoms with Crippen LogP contribution in [0.2, 0.25) is 5.28 Å². The van der Waals surface area contributed by atoms with E-state index in [4.69, 9.17) is 21.1 Å². The molecule has 0 saturated heterocycles. The minimum absolute atomic E-state index is 0.207. The van der Waals surface area contributed by atoms with Crippen LogP contribution in [0.4, 0.5) is 5.82 Å². The Labute approximate surface area is 122 Å². The van der Waals surface area contributed by atoms with Crippen molar-refractivity contribution in [3.05, 3.63) is 35.6 Å². The minimum Gasteiger partial charge on any atom is -0.497 e. The number of benzene rings is 1. The van der Waals surface area contributed by atoms with Gasteiger partial charge in [-0.05, 0) is 35.9 Å². The highest BCUT2D eigenvalue weighted by molar-refractivity contribution is 6.28. The average Bonchev–Trinajstić information content (AvgIpc) is 2.47. The highest BCUT2D eigenvalue weighted by atomic mass is 35.5. The third kappa shape index (κ3) is 3.82. The summed E-state index contributed by atoms with van der Waals surface area (Å²) in [6, 6.07) is 9.46. The lowest BCUT2D eigenvalue weighted by atomic mass is 10.1. The van der Waals surface area contributed by atoms with Gasteiger partial charge in [-0.2, -0.15) is 0 Å². The van der Waals surface area contributed by atoms with Crippen molar-refractivity contribution >= 4 is 17.4 Å². The quantitative estimate of drug-likeness (QED) is 0.655. The van der Waals surface area contributed by atoms with Gasteiger partial charge < -0.3 is 14.8 Å². The molecule has 1 N–H and O–H groups in total. The van der Waals surface area contributed by atoms with Crippen molar-refractivity contribution in [2.24, 2.45) is 0 Å². The number of hydrogen-bond donors (Lipinski definition) is 1. The fourth-order valence-corrected chi connectivity index (χ4v) is 1.88. The second-order valence-electron chi connectivity index (χ2n) is 4.06. The summed E-state index contributed by atoms with van der Waals surface area (Å²) >= 11 is 5.95. The molecule has 0 amide bonds. The van der Waals surface area contributed by atoms with Gasteiger partial charge in [0.05, 0.1) is 19.4 Å². The number of rotatable bonds is 6. The van der Waals surface area contributed by atoms with Gasteiger partial charge in [0.25, 0.3) is 0 Å². The Kier molecular flexibility index (Phi) is 5.15. The Morgan fingerprint density at radius 1 is 1.15 bits per heavy atom. The minimum atomic E-state index is 0.207. The van der Waals surface area contributed by atoms with Gasteiger partial charge in [-0.1, -0.05) is 0 Å². The van der Waals surface area contributed by atoms with E-state index in [-0.39, 0.29) is 5.28 Å². The zero-order valence-electron chi connectivity index (χ0n) is 11.4. The summed E-state index contributed by atoms with van der Waals surface area (Å²) in [6.07, 6.45) is 0. The summed E-state index contributed by atoms with van der Waals surface area (Å²) in [5.74, 6) is 1.47. The molecule has 0 aliphatic heterocycles. The number of aromatic nitrogens is 2. The number of nitrogens with one attached hydrogen (secondary N) is 1. The van der Waals surface area contributed by atoms with E-state index in [1.807, 2.05) is 30.3 Å². The molecule has 106 valence electrons. The van der Waals surface area contributed by atoms with Gasteiger partial charge in [0.1, 0.15) is 11.6 Å². The molecule has 0 spiro atoms. The summed E-state index contributed by atoms with van der Waals surface area (Å²) in [4.78, 5) is 8.36. The molecule has 0 bridgehead atoms. The number of halogens is 1. The molecule has 1 heterocycles. The number of methoxy groups -OCH3 is 2. The topological polar surface area (TPSA) is 56.3 Å². The Morgan fingerprint density at radius 2 is 1.90 bits per heavy atom. The summed E-state index contributed by atoms with van der Waals surface area (Å²) < 4.78 is 10.1. The van der Waals surface area contributed by atoms with Crippen molar-refractivity contribution < 1.29 is 9.47 Å². The molecule has 0 fully saturated rings. The molecule has 0 aliphatic rings. The van der Waals surface area contributed by atoms with E-state index in [2.05, 4.69) is 15.3 Å². The standard InChI is InChI=1S/C14H16ClN3O2/c1-19-8-7-16-13-9-12(17-14(15)18-13)10-3-5-11(20-2)6-4-10/h3-6,9H,7-8H2,1-2H3,(H,16,17,18). The number of hydrogen-bond acceptors (Lipinski definition) is 5. The van der Waals surface area contributed by atoms with Crippen molar-refractivity contribution in [1.82, 2.24) is 9.97 Å². The van der Waals surface area contributed by atoms with E-state index in [1.165, 1.54) is 0 Å². The third-order valence-electron chi connectivity index (χ3n) is 2.70. The van der Waals surface area contributed by atoms with Crippen LogP contribution in [0, 0.1) is 0 Å². The molecule has 2 rings (SSSR count). The Morgan fingerprint density at radius 3 is 2.55 bits per heavy atom. The van der Waals surface area contributed by atoms with Gasteiger partial charge in [-0.15, -0.1) is 0 Å². The van der Waals surface area contributed by atoms with Gasteiger partial charge in [0, 0.05) is 25.3 Å². The lowest BCUT2D eigenvalue weighted by molar-refractivity contribution is 0.210. The zero-order chi connectivity index (χ0) is 14.4. The summed E-state index contributed by atoms with van der Waals surface area (Å²) in [5, 5.41) is 3.34. The largest absolute Gasteiger partial charge is 0.497 e. The normalized spacial score (nSPS) is 10.3. The lowest BCUT2D eigenvalue weighted by Gasteiger charge is -2.08. The molecule has 0 unspecified atom stereocenters. The van der Waals surface area contributed by atoms with E-state index in [0.717, 1.165) is 17.0 Å². The second kappa shape index (κ2) is 7.07. The molecule has 2 aromatic rings.